The summed E-state index contributed by atoms with van der Waals surface area (Å²) in [6.07, 6.45) is -0.0183. The van der Waals surface area contributed by atoms with E-state index in [0.29, 0.717) is 12.2 Å². The third kappa shape index (κ3) is 3.48. The first-order valence-electron chi connectivity index (χ1n) is 8.89. The van der Waals surface area contributed by atoms with E-state index in [-0.39, 0.29) is 24.5 Å². The average Bonchev–Trinajstić information content (AvgIpc) is 3.01. The number of benzene rings is 1. The molecule has 2 heterocycles. The maximum Gasteiger partial charge on any atom is 0.188 e. The molecule has 0 spiro atoms. The molecule has 26 heavy (non-hydrogen) atoms. The van der Waals surface area contributed by atoms with Crippen molar-refractivity contribution in [3.63, 3.8) is 0 Å². The number of nitrogens with one attached hydrogen (secondary N) is 1. The van der Waals surface area contributed by atoms with Crippen LogP contribution in [0.3, 0.4) is 0 Å². The molecule has 2 N–H and O–H groups in total. The summed E-state index contributed by atoms with van der Waals surface area (Å²) >= 11 is 0. The van der Waals surface area contributed by atoms with Crippen LogP contribution in [-0.2, 0) is 13.1 Å². The van der Waals surface area contributed by atoms with Crippen molar-refractivity contribution in [3.8, 4) is 11.4 Å². The van der Waals surface area contributed by atoms with Crippen LogP contribution < -0.4 is 0 Å². The molecule has 0 atom stereocenters. The first kappa shape index (κ1) is 18.5. The molecule has 0 aliphatic carbocycles. The molecule has 1 aliphatic rings. The Morgan fingerprint density at radius 3 is 2.62 bits per heavy atom. The minimum Gasteiger partial charge on any atom is -0.395 e. The highest BCUT2D eigenvalue weighted by molar-refractivity contribution is 6.10. The summed E-state index contributed by atoms with van der Waals surface area (Å²) in [6, 6.07) is 9.89. The normalized spacial score (nSPS) is 14.9. The van der Waals surface area contributed by atoms with E-state index in [0.717, 1.165) is 30.2 Å². The molecule has 6 nitrogen and oxygen atoms in total. The van der Waals surface area contributed by atoms with E-state index in [1.807, 2.05) is 37.4 Å². The van der Waals surface area contributed by atoms with E-state index in [2.05, 4.69) is 14.5 Å². The quantitative estimate of drug-likeness (QED) is 0.617. The summed E-state index contributed by atoms with van der Waals surface area (Å²) in [5.74, 6) is 0.655. The van der Waals surface area contributed by atoms with Gasteiger partial charge in [0.1, 0.15) is 11.5 Å². The van der Waals surface area contributed by atoms with E-state index in [1.165, 1.54) is 0 Å². The number of hydrogen-bond donors (Lipinski definition) is 2. The zero-order valence-corrected chi connectivity index (χ0v) is 15.6. The molecule has 3 rings (SSSR count). The molecule has 1 aliphatic heterocycles. The number of Topliss-reactive ketones (excluding diaryl/α,β-unsaturated/α-hetero) is 1. The number of aliphatic hydroxyl groups is 1. The molecule has 6 heteroatoms. The van der Waals surface area contributed by atoms with Crippen LogP contribution in [0.5, 0.6) is 0 Å². The molecule has 0 amide bonds. The highest BCUT2D eigenvalue weighted by Crippen LogP contribution is 2.28. The Bertz CT molecular complexity index is 824. The molecule has 1 aromatic carbocycles. The number of rotatable bonds is 6. The van der Waals surface area contributed by atoms with Gasteiger partial charge >= 0.3 is 0 Å². The van der Waals surface area contributed by atoms with Gasteiger partial charge in [-0.1, -0.05) is 44.2 Å². The predicted octanol–water partition coefficient (Wildman–Crippen LogP) is 2.61. The van der Waals surface area contributed by atoms with Crippen molar-refractivity contribution in [3.05, 3.63) is 41.7 Å². The van der Waals surface area contributed by atoms with Crippen molar-refractivity contribution in [1.82, 2.24) is 14.5 Å². The fraction of sp³-hybridized carbons (Fsp3) is 0.450. The number of ketones is 1. The van der Waals surface area contributed by atoms with Crippen molar-refractivity contribution < 1.29 is 9.90 Å². The van der Waals surface area contributed by atoms with Crippen molar-refractivity contribution in [1.29, 1.82) is 5.41 Å². The summed E-state index contributed by atoms with van der Waals surface area (Å²) in [5.41, 5.74) is 1.89. The molecular weight excluding hydrogens is 328 g/mol. The lowest BCUT2D eigenvalue weighted by Gasteiger charge is -2.26. The summed E-state index contributed by atoms with van der Waals surface area (Å²) in [4.78, 5) is 19.8. The van der Waals surface area contributed by atoms with Crippen LogP contribution in [0.15, 0.2) is 30.3 Å². The third-order valence-electron chi connectivity index (χ3n) is 5.04. The number of carbonyl (C=O) groups excluding carboxylic acids is 1. The first-order valence-corrected chi connectivity index (χ1v) is 8.89. The molecule has 0 unspecified atom stereocenters. The zero-order valence-electron chi connectivity index (χ0n) is 15.6. The summed E-state index contributed by atoms with van der Waals surface area (Å²) in [5, 5.41) is 17.6. The van der Waals surface area contributed by atoms with Crippen molar-refractivity contribution >= 4 is 11.5 Å². The molecule has 0 fully saturated rings. The summed E-state index contributed by atoms with van der Waals surface area (Å²) in [6.45, 7) is 5.75. The van der Waals surface area contributed by atoms with E-state index in [1.54, 1.807) is 13.8 Å². The lowest BCUT2D eigenvalue weighted by Crippen LogP contribution is -2.32. The average molecular weight is 354 g/mol. The Hall–Kier alpha value is -2.31. The lowest BCUT2D eigenvalue weighted by atomic mass is 9.85. The summed E-state index contributed by atoms with van der Waals surface area (Å²) in [7, 11) is 2.03. The minimum atomic E-state index is -0.700. The van der Waals surface area contributed by atoms with Gasteiger partial charge in [-0.25, -0.2) is 4.98 Å². The lowest BCUT2D eigenvalue weighted by molar-refractivity contribution is 0.0989. The van der Waals surface area contributed by atoms with Gasteiger partial charge < -0.3 is 15.1 Å². The van der Waals surface area contributed by atoms with Gasteiger partial charge in [-0.2, -0.15) is 0 Å². The number of fused-ring (bicyclic) bond motifs is 1. The molecular formula is C20H26N4O2. The number of carbonyl (C=O) groups is 1. The fourth-order valence-corrected chi connectivity index (χ4v) is 3.10. The van der Waals surface area contributed by atoms with Gasteiger partial charge in [-0.3, -0.25) is 9.69 Å². The maximum atomic E-state index is 12.9. The van der Waals surface area contributed by atoms with E-state index < -0.39 is 5.41 Å². The minimum absolute atomic E-state index is 0.0183. The third-order valence-corrected chi connectivity index (χ3v) is 5.04. The zero-order chi connectivity index (χ0) is 18.9. The Morgan fingerprint density at radius 1 is 1.27 bits per heavy atom. The summed E-state index contributed by atoms with van der Waals surface area (Å²) < 4.78 is 2.13. The first-order chi connectivity index (χ1) is 12.3. The highest BCUT2D eigenvalue weighted by atomic mass is 16.3. The van der Waals surface area contributed by atoms with Crippen LogP contribution in [0.1, 0.15) is 36.5 Å². The van der Waals surface area contributed by atoms with Gasteiger partial charge in [-0.05, 0) is 7.05 Å². The fourth-order valence-electron chi connectivity index (χ4n) is 3.10. The number of aromatic nitrogens is 2. The second-order valence-electron chi connectivity index (χ2n) is 7.61. The Balaban J connectivity index is 1.98. The van der Waals surface area contributed by atoms with Crippen molar-refractivity contribution in [2.75, 3.05) is 20.2 Å². The van der Waals surface area contributed by atoms with Crippen LogP contribution in [0.25, 0.3) is 11.4 Å². The molecule has 0 bridgehead atoms. The van der Waals surface area contributed by atoms with Gasteiger partial charge in [0.05, 0.1) is 18.7 Å². The number of hydrogen-bond acceptors (Lipinski definition) is 5. The number of nitrogens with zero attached hydrogens (tertiary/aromatic N) is 3. The van der Waals surface area contributed by atoms with Gasteiger partial charge in [0.2, 0.25) is 0 Å². The number of aliphatic hydroxyl groups excluding tert-OH is 1. The Labute approximate surface area is 154 Å². The van der Waals surface area contributed by atoms with Gasteiger partial charge in [-0.15, -0.1) is 0 Å². The van der Waals surface area contributed by atoms with Crippen LogP contribution in [-0.4, -0.2) is 51.3 Å². The van der Waals surface area contributed by atoms with Crippen LogP contribution in [0.4, 0.5) is 0 Å². The predicted molar refractivity (Wildman–Crippen MR) is 102 cm³/mol. The van der Waals surface area contributed by atoms with Gasteiger partial charge in [0, 0.05) is 36.3 Å². The van der Waals surface area contributed by atoms with Gasteiger partial charge in [0.25, 0.3) is 0 Å². The monoisotopic (exact) mass is 354 g/mol. The maximum absolute atomic E-state index is 12.9. The molecule has 138 valence electrons. The van der Waals surface area contributed by atoms with E-state index in [4.69, 9.17) is 5.41 Å². The Kier molecular flexibility index (Phi) is 5.07. The molecule has 1 aromatic heterocycles. The molecule has 0 saturated carbocycles. The number of imidazole rings is 1. The van der Waals surface area contributed by atoms with E-state index >= 15 is 0 Å². The SMILES string of the molecule is CN1CCn2c(-c3ccccc3)nc(C(=O)CC(=N)C(C)(C)CO)c2C1. The largest absolute Gasteiger partial charge is 0.395 e. The van der Waals surface area contributed by atoms with E-state index in [9.17, 15) is 9.90 Å². The van der Waals surface area contributed by atoms with Crippen molar-refractivity contribution in [2.24, 2.45) is 5.41 Å². The molecule has 0 saturated heterocycles. The van der Waals surface area contributed by atoms with Crippen LogP contribution in [0.2, 0.25) is 0 Å². The van der Waals surface area contributed by atoms with Crippen LogP contribution >= 0.6 is 0 Å². The van der Waals surface area contributed by atoms with Crippen LogP contribution in [0, 0.1) is 10.8 Å². The molecule has 2 aromatic rings. The highest BCUT2D eigenvalue weighted by Gasteiger charge is 2.30. The molecule has 0 radical (unpaired) electrons. The number of likely N-dealkylation sites (N-methyl/N-ethyl adjacent to an activating group) is 1. The topological polar surface area (TPSA) is 82.2 Å². The second kappa shape index (κ2) is 7.13. The second-order valence-corrected chi connectivity index (χ2v) is 7.61. The standard InChI is InChI=1S/C20H26N4O2/c1-20(2,13-25)17(21)11-16(26)18-15-12-23(3)9-10-24(15)19(22-18)14-7-5-4-6-8-14/h4-8,21,25H,9-13H2,1-3H3. The smallest absolute Gasteiger partial charge is 0.188 e. The van der Waals surface area contributed by atoms with Gasteiger partial charge in [0.15, 0.2) is 5.78 Å². The van der Waals surface area contributed by atoms with Crippen molar-refractivity contribution in [2.45, 2.75) is 33.4 Å². The Morgan fingerprint density at radius 2 is 1.96 bits per heavy atom.